The molecule has 2 heterocycles. The largest absolute Gasteiger partial charge is 0.336 e. The molecule has 0 aromatic heterocycles. The lowest BCUT2D eigenvalue weighted by Gasteiger charge is -2.33. The van der Waals surface area contributed by atoms with Crippen molar-refractivity contribution in [1.82, 2.24) is 20.4 Å². The van der Waals surface area contributed by atoms with Crippen molar-refractivity contribution in [3.63, 3.8) is 0 Å². The van der Waals surface area contributed by atoms with Crippen molar-refractivity contribution in [1.29, 1.82) is 0 Å². The van der Waals surface area contributed by atoms with Crippen LogP contribution in [0.1, 0.15) is 53.9 Å². The molecule has 0 spiro atoms. The fourth-order valence-corrected chi connectivity index (χ4v) is 3.78. The number of piperidine rings is 1. The van der Waals surface area contributed by atoms with E-state index in [1.54, 1.807) is 0 Å². The quantitative estimate of drug-likeness (QED) is 0.744. The van der Waals surface area contributed by atoms with Crippen molar-refractivity contribution in [2.24, 2.45) is 11.8 Å². The second kappa shape index (κ2) is 7.62. The number of nitrogens with one attached hydrogen (secondary N) is 2. The van der Waals surface area contributed by atoms with Crippen molar-refractivity contribution >= 4 is 18.0 Å². The zero-order valence-electron chi connectivity index (χ0n) is 16.1. The summed E-state index contributed by atoms with van der Waals surface area (Å²) in [6, 6.07) is -0.198. The number of amides is 5. The third-order valence-corrected chi connectivity index (χ3v) is 4.92. The first-order valence-electron chi connectivity index (χ1n) is 9.32. The van der Waals surface area contributed by atoms with Crippen molar-refractivity contribution < 1.29 is 14.4 Å². The number of rotatable bonds is 5. The summed E-state index contributed by atoms with van der Waals surface area (Å²) in [7, 11) is 0. The number of likely N-dealkylation sites (tertiary alicyclic amines) is 1. The normalized spacial score (nSPS) is 25.1. The molecule has 0 saturated carbocycles. The van der Waals surface area contributed by atoms with Crippen LogP contribution in [0.2, 0.25) is 0 Å². The Kier molecular flexibility index (Phi) is 5.95. The number of hydrogen-bond acceptors (Lipinski definition) is 3. The standard InChI is InChI=1S/C18H32N4O3/c1-12(2)10-18(5)15(23)22(17(25)20-18)11-14-6-8-21(9-7-14)16(24)19-13(3)4/h12-14H,6-11H2,1-5H3,(H,19,24)(H,20,25). The maximum atomic E-state index is 12.7. The van der Waals surface area contributed by atoms with Gasteiger partial charge in [0.05, 0.1) is 0 Å². The van der Waals surface area contributed by atoms with E-state index in [-0.39, 0.29) is 29.9 Å². The summed E-state index contributed by atoms with van der Waals surface area (Å²) in [4.78, 5) is 40.2. The number of hydrogen-bond donors (Lipinski definition) is 2. The molecule has 142 valence electrons. The summed E-state index contributed by atoms with van der Waals surface area (Å²) >= 11 is 0. The number of nitrogens with zero attached hydrogens (tertiary/aromatic N) is 2. The molecule has 2 saturated heterocycles. The van der Waals surface area contributed by atoms with Crippen LogP contribution in [0.25, 0.3) is 0 Å². The van der Waals surface area contributed by atoms with Gasteiger partial charge in [-0.1, -0.05) is 13.8 Å². The molecule has 1 unspecified atom stereocenters. The van der Waals surface area contributed by atoms with Crippen LogP contribution in [0, 0.1) is 11.8 Å². The minimum absolute atomic E-state index is 0.0343. The number of urea groups is 2. The van der Waals surface area contributed by atoms with Crippen LogP contribution >= 0.6 is 0 Å². The molecule has 7 nitrogen and oxygen atoms in total. The second-order valence-electron chi connectivity index (χ2n) is 8.31. The van der Waals surface area contributed by atoms with Gasteiger partial charge in [0.25, 0.3) is 5.91 Å². The Bertz CT molecular complexity index is 526. The molecular weight excluding hydrogens is 320 g/mol. The Hall–Kier alpha value is -1.79. The summed E-state index contributed by atoms with van der Waals surface area (Å²) in [6.45, 7) is 11.6. The lowest BCUT2D eigenvalue weighted by Crippen LogP contribution is -2.48. The molecule has 2 aliphatic rings. The lowest BCUT2D eigenvalue weighted by atomic mass is 9.90. The highest BCUT2D eigenvalue weighted by Crippen LogP contribution is 2.27. The summed E-state index contributed by atoms with van der Waals surface area (Å²) in [5, 5.41) is 5.76. The Morgan fingerprint density at radius 3 is 2.36 bits per heavy atom. The van der Waals surface area contributed by atoms with Gasteiger partial charge in [-0.05, 0) is 51.9 Å². The number of carbonyl (C=O) groups excluding carboxylic acids is 3. The molecule has 0 aromatic carbocycles. The third kappa shape index (κ3) is 4.64. The molecule has 0 bridgehead atoms. The van der Waals surface area contributed by atoms with E-state index in [4.69, 9.17) is 0 Å². The van der Waals surface area contributed by atoms with Gasteiger partial charge < -0.3 is 15.5 Å². The SMILES string of the molecule is CC(C)CC1(C)NC(=O)N(CC2CCN(C(=O)NC(C)C)CC2)C1=O. The summed E-state index contributed by atoms with van der Waals surface area (Å²) in [5.41, 5.74) is -0.789. The van der Waals surface area contributed by atoms with Crippen molar-refractivity contribution in [2.75, 3.05) is 19.6 Å². The number of carbonyl (C=O) groups is 3. The van der Waals surface area contributed by atoms with Crippen LogP contribution in [0.4, 0.5) is 9.59 Å². The molecule has 2 rings (SSSR count). The van der Waals surface area contributed by atoms with Crippen LogP contribution in [0.3, 0.4) is 0 Å². The van der Waals surface area contributed by atoms with Gasteiger partial charge in [-0.25, -0.2) is 9.59 Å². The minimum atomic E-state index is -0.789. The topological polar surface area (TPSA) is 81.8 Å². The van der Waals surface area contributed by atoms with E-state index in [9.17, 15) is 14.4 Å². The first-order valence-corrected chi connectivity index (χ1v) is 9.32. The van der Waals surface area contributed by atoms with Crippen molar-refractivity contribution in [3.05, 3.63) is 0 Å². The van der Waals surface area contributed by atoms with Gasteiger partial charge in [-0.3, -0.25) is 9.69 Å². The second-order valence-corrected chi connectivity index (χ2v) is 8.31. The van der Waals surface area contributed by atoms with Gasteiger partial charge in [0.1, 0.15) is 5.54 Å². The van der Waals surface area contributed by atoms with E-state index in [1.165, 1.54) is 4.90 Å². The Balaban J connectivity index is 1.88. The predicted molar refractivity (Wildman–Crippen MR) is 96.1 cm³/mol. The van der Waals surface area contributed by atoms with E-state index < -0.39 is 5.54 Å². The molecule has 7 heteroatoms. The average molecular weight is 352 g/mol. The molecule has 0 radical (unpaired) electrons. The fraction of sp³-hybridized carbons (Fsp3) is 0.833. The Labute approximate surface area is 150 Å². The van der Waals surface area contributed by atoms with Gasteiger partial charge in [0, 0.05) is 25.7 Å². The Morgan fingerprint density at radius 2 is 1.84 bits per heavy atom. The highest BCUT2D eigenvalue weighted by atomic mass is 16.2. The first kappa shape index (κ1) is 19.5. The molecule has 2 fully saturated rings. The Morgan fingerprint density at radius 1 is 1.24 bits per heavy atom. The molecule has 0 aliphatic carbocycles. The fourth-order valence-electron chi connectivity index (χ4n) is 3.78. The van der Waals surface area contributed by atoms with Crippen LogP contribution in [-0.4, -0.2) is 59.0 Å². The molecule has 2 aliphatic heterocycles. The van der Waals surface area contributed by atoms with Crippen LogP contribution in [0.15, 0.2) is 0 Å². The summed E-state index contributed by atoms with van der Waals surface area (Å²) in [6.07, 6.45) is 2.26. The van der Waals surface area contributed by atoms with Gasteiger partial charge in [-0.15, -0.1) is 0 Å². The minimum Gasteiger partial charge on any atom is -0.336 e. The van der Waals surface area contributed by atoms with Crippen molar-refractivity contribution in [3.8, 4) is 0 Å². The lowest BCUT2D eigenvalue weighted by molar-refractivity contribution is -0.131. The molecule has 0 aromatic rings. The number of imide groups is 1. The van der Waals surface area contributed by atoms with E-state index >= 15 is 0 Å². The van der Waals surface area contributed by atoms with Crippen LogP contribution < -0.4 is 10.6 Å². The zero-order chi connectivity index (χ0) is 18.8. The molecule has 5 amide bonds. The molecule has 25 heavy (non-hydrogen) atoms. The van der Waals surface area contributed by atoms with E-state index in [0.29, 0.717) is 32.0 Å². The van der Waals surface area contributed by atoms with E-state index in [2.05, 4.69) is 10.6 Å². The maximum Gasteiger partial charge on any atom is 0.325 e. The highest BCUT2D eigenvalue weighted by Gasteiger charge is 2.48. The monoisotopic (exact) mass is 352 g/mol. The molecular formula is C18H32N4O3. The van der Waals surface area contributed by atoms with Crippen LogP contribution in [0.5, 0.6) is 0 Å². The van der Waals surface area contributed by atoms with Crippen LogP contribution in [-0.2, 0) is 4.79 Å². The maximum absolute atomic E-state index is 12.7. The van der Waals surface area contributed by atoms with Gasteiger partial charge >= 0.3 is 12.1 Å². The zero-order valence-corrected chi connectivity index (χ0v) is 16.1. The molecule has 1 atom stereocenters. The van der Waals surface area contributed by atoms with Crippen molar-refractivity contribution in [2.45, 2.75) is 65.5 Å². The van der Waals surface area contributed by atoms with Gasteiger partial charge in [0.2, 0.25) is 0 Å². The highest BCUT2D eigenvalue weighted by molar-refractivity contribution is 6.06. The summed E-state index contributed by atoms with van der Waals surface area (Å²) in [5.74, 6) is 0.460. The summed E-state index contributed by atoms with van der Waals surface area (Å²) < 4.78 is 0. The van der Waals surface area contributed by atoms with E-state index in [0.717, 1.165) is 12.8 Å². The van der Waals surface area contributed by atoms with Gasteiger partial charge in [0.15, 0.2) is 0 Å². The van der Waals surface area contributed by atoms with E-state index in [1.807, 2.05) is 39.5 Å². The third-order valence-electron chi connectivity index (χ3n) is 4.92. The molecule has 2 N–H and O–H groups in total. The average Bonchev–Trinajstić information content (AvgIpc) is 2.69. The smallest absolute Gasteiger partial charge is 0.325 e. The van der Waals surface area contributed by atoms with Gasteiger partial charge in [-0.2, -0.15) is 0 Å². The first-order chi connectivity index (χ1) is 11.6. The predicted octanol–water partition coefficient (Wildman–Crippen LogP) is 2.17.